The van der Waals surface area contributed by atoms with Crippen molar-refractivity contribution < 1.29 is 14.2 Å². The molecule has 2 aromatic carbocycles. The van der Waals surface area contributed by atoms with Crippen molar-refractivity contribution >= 4 is 23.2 Å². The Bertz CT molecular complexity index is 1060. The molecule has 0 bridgehead atoms. The molecule has 0 aliphatic carbocycles. The average molecular weight is 445 g/mol. The zero-order chi connectivity index (χ0) is 20.9. The third-order valence-electron chi connectivity index (χ3n) is 5.68. The van der Waals surface area contributed by atoms with Gasteiger partial charge in [0.2, 0.25) is 0 Å². The first-order valence-corrected chi connectivity index (χ1v) is 10.3. The molecule has 2 heterocycles. The van der Waals surface area contributed by atoms with Crippen molar-refractivity contribution in [1.82, 2.24) is 9.47 Å². The van der Waals surface area contributed by atoms with Crippen LogP contribution in [0, 0.1) is 0 Å². The van der Waals surface area contributed by atoms with Crippen LogP contribution in [-0.2, 0) is 23.1 Å². The van der Waals surface area contributed by atoms with Crippen molar-refractivity contribution in [2.24, 2.45) is 7.05 Å². The highest BCUT2D eigenvalue weighted by atomic mass is 35.5. The van der Waals surface area contributed by atoms with Crippen molar-refractivity contribution in [3.8, 4) is 16.9 Å². The SMILES string of the molecule is COc1ccc2c(=O)n(C)c(COCCN3CCOCC3)c(-c3ccccc3)c2c1.Cl. The summed E-state index contributed by atoms with van der Waals surface area (Å²) in [7, 11) is 3.46. The lowest BCUT2D eigenvalue weighted by Crippen LogP contribution is -2.38. The lowest BCUT2D eigenvalue weighted by molar-refractivity contribution is 0.0174. The molecule has 1 aromatic heterocycles. The summed E-state index contributed by atoms with van der Waals surface area (Å²) >= 11 is 0. The van der Waals surface area contributed by atoms with Crippen LogP contribution in [0.3, 0.4) is 0 Å². The molecule has 1 fully saturated rings. The Kier molecular flexibility index (Phi) is 8.09. The highest BCUT2D eigenvalue weighted by molar-refractivity contribution is 5.98. The van der Waals surface area contributed by atoms with Gasteiger partial charge in [0.15, 0.2) is 0 Å². The zero-order valence-electron chi connectivity index (χ0n) is 18.0. The maximum atomic E-state index is 13.1. The molecule has 6 nitrogen and oxygen atoms in total. The maximum absolute atomic E-state index is 13.1. The lowest BCUT2D eigenvalue weighted by Gasteiger charge is -2.26. The standard InChI is InChI=1S/C24H28N2O4.ClH/c1-25-22(17-30-15-12-26-10-13-29-14-11-26)23(18-6-4-3-5-7-18)21-16-19(28-2)8-9-20(21)24(25)27;/h3-9,16H,10-15,17H2,1-2H3;1H. The predicted molar refractivity (Wildman–Crippen MR) is 125 cm³/mol. The number of fused-ring (bicyclic) bond motifs is 1. The molecule has 3 aromatic rings. The number of nitrogens with zero attached hydrogens (tertiary/aromatic N) is 2. The predicted octanol–water partition coefficient (Wildman–Crippen LogP) is 3.48. The monoisotopic (exact) mass is 444 g/mol. The number of hydrogen-bond acceptors (Lipinski definition) is 5. The molecule has 7 heteroatoms. The van der Waals surface area contributed by atoms with Crippen molar-refractivity contribution in [2.75, 3.05) is 46.6 Å². The largest absolute Gasteiger partial charge is 0.497 e. The molecule has 0 radical (unpaired) electrons. The summed E-state index contributed by atoms with van der Waals surface area (Å²) in [6.45, 7) is 5.27. The third-order valence-corrected chi connectivity index (χ3v) is 5.68. The fourth-order valence-corrected chi connectivity index (χ4v) is 3.95. The van der Waals surface area contributed by atoms with Crippen LogP contribution in [0.2, 0.25) is 0 Å². The van der Waals surface area contributed by atoms with E-state index in [1.54, 1.807) is 11.7 Å². The molecule has 0 N–H and O–H groups in total. The van der Waals surface area contributed by atoms with Crippen LogP contribution in [0.25, 0.3) is 21.9 Å². The first-order valence-electron chi connectivity index (χ1n) is 10.3. The van der Waals surface area contributed by atoms with Gasteiger partial charge in [0.1, 0.15) is 5.75 Å². The Balaban J connectivity index is 0.00000272. The van der Waals surface area contributed by atoms with E-state index in [4.69, 9.17) is 14.2 Å². The van der Waals surface area contributed by atoms with Crippen LogP contribution in [-0.4, -0.2) is 56.0 Å². The topological polar surface area (TPSA) is 52.9 Å². The highest BCUT2D eigenvalue weighted by Crippen LogP contribution is 2.33. The van der Waals surface area contributed by atoms with E-state index in [-0.39, 0.29) is 18.0 Å². The zero-order valence-corrected chi connectivity index (χ0v) is 18.8. The van der Waals surface area contributed by atoms with Gasteiger partial charge in [-0.05, 0) is 23.8 Å². The number of morpholine rings is 1. The Hall–Kier alpha value is -2.38. The summed E-state index contributed by atoms with van der Waals surface area (Å²) in [5.74, 6) is 0.729. The van der Waals surface area contributed by atoms with Gasteiger partial charge in [-0.25, -0.2) is 0 Å². The molecule has 31 heavy (non-hydrogen) atoms. The minimum atomic E-state index is -0.0286. The second-order valence-electron chi connectivity index (χ2n) is 7.47. The van der Waals surface area contributed by atoms with Crippen LogP contribution in [0.5, 0.6) is 5.75 Å². The fourth-order valence-electron chi connectivity index (χ4n) is 3.95. The van der Waals surface area contributed by atoms with Gasteiger partial charge in [-0.1, -0.05) is 30.3 Å². The number of halogens is 1. The molecule has 0 saturated carbocycles. The normalized spacial score (nSPS) is 14.4. The third kappa shape index (κ3) is 5.10. The molecule has 0 amide bonds. The minimum Gasteiger partial charge on any atom is -0.497 e. The second-order valence-corrected chi connectivity index (χ2v) is 7.47. The van der Waals surface area contributed by atoms with Crippen molar-refractivity contribution in [3.05, 3.63) is 64.6 Å². The molecule has 166 valence electrons. The van der Waals surface area contributed by atoms with Gasteiger partial charge in [-0.3, -0.25) is 9.69 Å². The van der Waals surface area contributed by atoms with E-state index < -0.39 is 0 Å². The van der Waals surface area contributed by atoms with Gasteiger partial charge >= 0.3 is 0 Å². The van der Waals surface area contributed by atoms with Gasteiger partial charge in [0.05, 0.1) is 39.2 Å². The number of ether oxygens (including phenoxy) is 3. The Labute approximate surface area is 188 Å². The van der Waals surface area contributed by atoms with Gasteiger partial charge in [0, 0.05) is 43.0 Å². The van der Waals surface area contributed by atoms with Gasteiger partial charge in [-0.2, -0.15) is 0 Å². The summed E-state index contributed by atoms with van der Waals surface area (Å²) in [5, 5.41) is 1.56. The summed E-state index contributed by atoms with van der Waals surface area (Å²) < 4.78 is 18.6. The quantitative estimate of drug-likeness (QED) is 0.522. The van der Waals surface area contributed by atoms with Gasteiger partial charge in [-0.15, -0.1) is 12.4 Å². The first kappa shape index (κ1) is 23.3. The highest BCUT2D eigenvalue weighted by Gasteiger charge is 2.17. The van der Waals surface area contributed by atoms with Gasteiger partial charge in [0.25, 0.3) is 5.56 Å². The van der Waals surface area contributed by atoms with E-state index in [0.29, 0.717) is 18.6 Å². The van der Waals surface area contributed by atoms with E-state index in [9.17, 15) is 4.79 Å². The summed E-state index contributed by atoms with van der Waals surface area (Å²) in [6, 6.07) is 15.8. The molecular formula is C24H29ClN2O4. The van der Waals surface area contributed by atoms with E-state index in [1.165, 1.54) is 0 Å². The molecule has 4 rings (SSSR count). The van der Waals surface area contributed by atoms with E-state index in [2.05, 4.69) is 17.0 Å². The molecular weight excluding hydrogens is 416 g/mol. The Morgan fingerprint density at radius 1 is 1.03 bits per heavy atom. The maximum Gasteiger partial charge on any atom is 0.258 e. The molecule has 1 aliphatic heterocycles. The number of rotatable bonds is 7. The van der Waals surface area contributed by atoms with Crippen molar-refractivity contribution in [2.45, 2.75) is 6.61 Å². The molecule has 0 spiro atoms. The van der Waals surface area contributed by atoms with Crippen molar-refractivity contribution in [3.63, 3.8) is 0 Å². The minimum absolute atomic E-state index is 0. The van der Waals surface area contributed by atoms with Crippen LogP contribution in [0.1, 0.15) is 5.69 Å². The van der Waals surface area contributed by atoms with E-state index in [1.807, 2.05) is 43.4 Å². The molecule has 1 saturated heterocycles. The first-order chi connectivity index (χ1) is 14.7. The number of benzene rings is 2. The van der Waals surface area contributed by atoms with Gasteiger partial charge < -0.3 is 18.8 Å². The van der Waals surface area contributed by atoms with Crippen LogP contribution in [0.15, 0.2) is 53.3 Å². The fraction of sp³-hybridized carbons (Fsp3) is 0.375. The summed E-state index contributed by atoms with van der Waals surface area (Å²) in [6.07, 6.45) is 0. The molecule has 0 atom stereocenters. The number of methoxy groups -OCH3 is 1. The number of aromatic nitrogens is 1. The van der Waals surface area contributed by atoms with Crippen LogP contribution in [0.4, 0.5) is 0 Å². The van der Waals surface area contributed by atoms with E-state index in [0.717, 1.165) is 60.8 Å². The number of pyridine rings is 1. The summed E-state index contributed by atoms with van der Waals surface area (Å²) in [5.41, 5.74) is 2.91. The lowest BCUT2D eigenvalue weighted by atomic mass is 9.96. The number of hydrogen-bond donors (Lipinski definition) is 0. The Morgan fingerprint density at radius 2 is 1.77 bits per heavy atom. The van der Waals surface area contributed by atoms with Crippen LogP contribution < -0.4 is 10.3 Å². The Morgan fingerprint density at radius 3 is 2.48 bits per heavy atom. The van der Waals surface area contributed by atoms with Crippen molar-refractivity contribution in [1.29, 1.82) is 0 Å². The molecule has 1 aliphatic rings. The molecule has 0 unspecified atom stereocenters. The summed E-state index contributed by atoms with van der Waals surface area (Å²) in [4.78, 5) is 15.4. The van der Waals surface area contributed by atoms with Crippen LogP contribution >= 0.6 is 12.4 Å². The van der Waals surface area contributed by atoms with E-state index >= 15 is 0 Å². The second kappa shape index (κ2) is 10.8. The smallest absolute Gasteiger partial charge is 0.258 e. The average Bonchev–Trinajstić information content (AvgIpc) is 2.80.